The van der Waals surface area contributed by atoms with Crippen LogP contribution >= 0.6 is 11.6 Å². The van der Waals surface area contributed by atoms with Crippen LogP contribution in [-0.2, 0) is 10.0 Å². The molecule has 0 spiro atoms. The Kier molecular flexibility index (Phi) is 6.27. The topological polar surface area (TPSA) is 75.7 Å². The van der Waals surface area contributed by atoms with Crippen LogP contribution in [0.5, 0.6) is 5.75 Å². The van der Waals surface area contributed by atoms with Crippen LogP contribution in [0.1, 0.15) is 36.5 Å². The molecule has 0 saturated carbocycles. The average molecular weight is 423 g/mol. The first-order chi connectivity index (χ1) is 13.3. The van der Waals surface area contributed by atoms with Crippen LogP contribution < -0.4 is 10.1 Å². The molecule has 1 aliphatic rings. The average Bonchev–Trinajstić information content (AvgIpc) is 2.69. The molecule has 1 fully saturated rings. The van der Waals surface area contributed by atoms with Crippen molar-refractivity contribution in [2.75, 3.05) is 19.0 Å². The number of benzene rings is 2. The maximum absolute atomic E-state index is 13.2. The third-order valence-electron chi connectivity index (χ3n) is 4.86. The van der Waals surface area contributed by atoms with Gasteiger partial charge in [-0.25, -0.2) is 8.42 Å². The van der Waals surface area contributed by atoms with Crippen molar-refractivity contribution in [1.29, 1.82) is 0 Å². The van der Waals surface area contributed by atoms with Gasteiger partial charge < -0.3 is 10.1 Å². The van der Waals surface area contributed by atoms with E-state index in [0.717, 1.165) is 19.3 Å². The molecular weight excluding hydrogens is 400 g/mol. The van der Waals surface area contributed by atoms with Crippen molar-refractivity contribution in [2.24, 2.45) is 0 Å². The fourth-order valence-electron chi connectivity index (χ4n) is 3.31. The summed E-state index contributed by atoms with van der Waals surface area (Å²) in [6.07, 6.45) is 2.65. The summed E-state index contributed by atoms with van der Waals surface area (Å²) in [6, 6.07) is 11.0. The number of ether oxygens (including phenoxy) is 1. The van der Waals surface area contributed by atoms with Crippen molar-refractivity contribution in [2.45, 2.75) is 37.1 Å². The van der Waals surface area contributed by atoms with E-state index in [1.807, 2.05) is 6.92 Å². The molecule has 3 rings (SSSR count). The standard InChI is InChI=1S/C20H23ClN2O4S/c1-14-5-3-4-12-23(14)28(25,26)19-13-15(6-11-18(19)27-2)20(24)22-17-9-7-16(21)8-10-17/h6-11,13-14H,3-5,12H2,1-2H3,(H,22,24). The van der Waals surface area contributed by atoms with E-state index in [9.17, 15) is 13.2 Å². The predicted octanol–water partition coefficient (Wildman–Crippen LogP) is 4.16. The summed E-state index contributed by atoms with van der Waals surface area (Å²) in [4.78, 5) is 12.6. The fourth-order valence-corrected chi connectivity index (χ4v) is 5.32. The van der Waals surface area contributed by atoms with Crippen molar-refractivity contribution in [3.63, 3.8) is 0 Å². The third kappa shape index (κ3) is 4.32. The molecule has 0 aliphatic carbocycles. The Balaban J connectivity index is 1.93. The zero-order valence-corrected chi connectivity index (χ0v) is 17.4. The number of amides is 1. The fraction of sp³-hybridized carbons (Fsp3) is 0.350. The molecule has 6 nitrogen and oxygen atoms in total. The molecule has 1 aliphatic heterocycles. The monoisotopic (exact) mass is 422 g/mol. The molecule has 150 valence electrons. The van der Waals surface area contributed by atoms with Gasteiger partial charge in [0.05, 0.1) is 7.11 Å². The van der Waals surface area contributed by atoms with Gasteiger partial charge in [0.2, 0.25) is 10.0 Å². The van der Waals surface area contributed by atoms with Crippen LogP contribution in [0.25, 0.3) is 0 Å². The molecule has 28 heavy (non-hydrogen) atoms. The lowest BCUT2D eigenvalue weighted by molar-refractivity contribution is 0.102. The van der Waals surface area contributed by atoms with Crippen LogP contribution in [0.4, 0.5) is 5.69 Å². The molecule has 8 heteroatoms. The second-order valence-corrected chi connectivity index (χ2v) is 9.08. The van der Waals surface area contributed by atoms with Crippen molar-refractivity contribution in [3.8, 4) is 5.75 Å². The van der Waals surface area contributed by atoms with Crippen LogP contribution in [0.3, 0.4) is 0 Å². The van der Waals surface area contributed by atoms with Crippen molar-refractivity contribution in [1.82, 2.24) is 4.31 Å². The largest absolute Gasteiger partial charge is 0.495 e. The Hall–Kier alpha value is -2.09. The summed E-state index contributed by atoms with van der Waals surface area (Å²) in [5, 5.41) is 3.30. The molecule has 2 aromatic carbocycles. The Labute approximate surface area is 170 Å². The molecule has 1 unspecified atom stereocenters. The molecule has 0 radical (unpaired) electrons. The van der Waals surface area contributed by atoms with E-state index in [4.69, 9.17) is 16.3 Å². The maximum atomic E-state index is 13.2. The number of piperidine rings is 1. The van der Waals surface area contributed by atoms with E-state index in [-0.39, 0.29) is 22.3 Å². The van der Waals surface area contributed by atoms with E-state index in [1.54, 1.807) is 30.3 Å². The number of halogens is 1. The molecule has 0 aromatic heterocycles. The van der Waals surface area contributed by atoms with Crippen molar-refractivity contribution in [3.05, 3.63) is 53.1 Å². The van der Waals surface area contributed by atoms with Crippen LogP contribution in [0, 0.1) is 0 Å². The van der Waals surface area contributed by atoms with Gasteiger partial charge >= 0.3 is 0 Å². The number of sulfonamides is 1. The van der Waals surface area contributed by atoms with Gasteiger partial charge in [-0.3, -0.25) is 4.79 Å². The van der Waals surface area contributed by atoms with E-state index >= 15 is 0 Å². The first-order valence-electron chi connectivity index (χ1n) is 9.09. The number of rotatable bonds is 5. The van der Waals surface area contributed by atoms with Crippen molar-refractivity contribution < 1.29 is 17.9 Å². The summed E-state index contributed by atoms with van der Waals surface area (Å²) < 4.78 is 33.3. The van der Waals surface area contributed by atoms with E-state index in [2.05, 4.69) is 5.32 Å². The molecule has 1 heterocycles. The van der Waals surface area contributed by atoms with Crippen molar-refractivity contribution >= 4 is 33.2 Å². The SMILES string of the molecule is COc1ccc(C(=O)Nc2ccc(Cl)cc2)cc1S(=O)(=O)N1CCCCC1C. The Morgan fingerprint density at radius 2 is 1.89 bits per heavy atom. The predicted molar refractivity (Wildman–Crippen MR) is 110 cm³/mol. The molecule has 1 N–H and O–H groups in total. The number of nitrogens with one attached hydrogen (secondary N) is 1. The lowest BCUT2D eigenvalue weighted by Crippen LogP contribution is -2.42. The second kappa shape index (κ2) is 8.51. The highest BCUT2D eigenvalue weighted by molar-refractivity contribution is 7.89. The molecule has 0 bridgehead atoms. The molecule has 1 amide bonds. The van der Waals surface area contributed by atoms with Crippen LogP contribution in [0.2, 0.25) is 5.02 Å². The van der Waals surface area contributed by atoms with Gasteiger partial charge in [0.25, 0.3) is 5.91 Å². The zero-order chi connectivity index (χ0) is 20.3. The highest BCUT2D eigenvalue weighted by atomic mass is 35.5. The minimum Gasteiger partial charge on any atom is -0.495 e. The van der Waals surface area contributed by atoms with Gasteiger partial charge in [-0.2, -0.15) is 4.31 Å². The molecule has 1 atom stereocenters. The van der Waals surface area contributed by atoms with Gasteiger partial charge in [-0.05, 0) is 62.2 Å². The van der Waals surface area contributed by atoms with Crippen LogP contribution in [-0.4, -0.2) is 38.3 Å². The van der Waals surface area contributed by atoms with E-state index < -0.39 is 15.9 Å². The quantitative estimate of drug-likeness (QED) is 0.784. The van der Waals surface area contributed by atoms with E-state index in [0.29, 0.717) is 17.3 Å². The van der Waals surface area contributed by atoms with Gasteiger partial charge in [0, 0.05) is 28.9 Å². The number of carbonyl (C=O) groups excluding carboxylic acids is 1. The summed E-state index contributed by atoms with van der Waals surface area (Å²) >= 11 is 5.86. The zero-order valence-electron chi connectivity index (χ0n) is 15.8. The van der Waals surface area contributed by atoms with Gasteiger partial charge in [-0.15, -0.1) is 0 Å². The Bertz CT molecular complexity index is 961. The highest BCUT2D eigenvalue weighted by Gasteiger charge is 2.33. The van der Waals surface area contributed by atoms with Gasteiger partial charge in [0.1, 0.15) is 10.6 Å². The molecule has 1 saturated heterocycles. The molecular formula is C20H23ClN2O4S. The summed E-state index contributed by atoms with van der Waals surface area (Å²) in [5.41, 5.74) is 0.804. The number of anilines is 1. The lowest BCUT2D eigenvalue weighted by atomic mass is 10.1. The first kappa shape index (κ1) is 20.6. The number of nitrogens with zero attached hydrogens (tertiary/aromatic N) is 1. The minimum absolute atomic E-state index is 0.00695. The summed E-state index contributed by atoms with van der Waals surface area (Å²) in [5.74, 6) is -0.186. The third-order valence-corrected chi connectivity index (χ3v) is 7.14. The molecule has 2 aromatic rings. The number of carbonyl (C=O) groups is 1. The first-order valence-corrected chi connectivity index (χ1v) is 10.9. The number of hydrogen-bond donors (Lipinski definition) is 1. The highest BCUT2D eigenvalue weighted by Crippen LogP contribution is 2.32. The lowest BCUT2D eigenvalue weighted by Gasteiger charge is -2.32. The Morgan fingerprint density at radius 3 is 2.54 bits per heavy atom. The summed E-state index contributed by atoms with van der Waals surface area (Å²) in [7, 11) is -2.36. The minimum atomic E-state index is -3.78. The summed E-state index contributed by atoms with van der Waals surface area (Å²) in [6.45, 7) is 2.37. The Morgan fingerprint density at radius 1 is 1.18 bits per heavy atom. The smallest absolute Gasteiger partial charge is 0.255 e. The second-order valence-electron chi connectivity index (χ2n) is 6.79. The van der Waals surface area contributed by atoms with Gasteiger partial charge in [-0.1, -0.05) is 18.0 Å². The van der Waals surface area contributed by atoms with E-state index in [1.165, 1.54) is 23.5 Å². The number of methoxy groups -OCH3 is 1. The normalized spacial score (nSPS) is 17.9. The maximum Gasteiger partial charge on any atom is 0.255 e. The number of hydrogen-bond acceptors (Lipinski definition) is 4. The van der Waals surface area contributed by atoms with Gasteiger partial charge in [0.15, 0.2) is 0 Å². The van der Waals surface area contributed by atoms with Crippen LogP contribution in [0.15, 0.2) is 47.4 Å².